The molecule has 1 aliphatic rings. The zero-order valence-electron chi connectivity index (χ0n) is 18.5. The second-order valence-electron chi connectivity index (χ2n) is 8.34. The van der Waals surface area contributed by atoms with Crippen LogP contribution in [-0.2, 0) is 14.6 Å². The molecular formula is C22H26N6O4S. The topological polar surface area (TPSA) is 154 Å². The van der Waals surface area contributed by atoms with Gasteiger partial charge in [0.25, 0.3) is 5.89 Å². The van der Waals surface area contributed by atoms with Crippen molar-refractivity contribution < 1.29 is 17.6 Å². The number of carbonyl (C=O) groups is 1. The molecule has 174 valence electrons. The van der Waals surface area contributed by atoms with Gasteiger partial charge in [0, 0.05) is 11.5 Å². The number of nitrogens with two attached hydrogens (primary N) is 1. The van der Waals surface area contributed by atoms with E-state index >= 15 is 0 Å². The van der Waals surface area contributed by atoms with Gasteiger partial charge in [0.05, 0.1) is 22.0 Å². The van der Waals surface area contributed by atoms with E-state index in [2.05, 4.69) is 25.5 Å². The van der Waals surface area contributed by atoms with Crippen molar-refractivity contribution in [1.82, 2.24) is 20.2 Å². The van der Waals surface area contributed by atoms with Crippen LogP contribution in [0.25, 0.3) is 22.8 Å². The smallest absolute Gasteiger partial charge is 0.322 e. The van der Waals surface area contributed by atoms with E-state index in [4.69, 9.17) is 10.2 Å². The molecule has 2 heterocycles. The van der Waals surface area contributed by atoms with Crippen LogP contribution in [0.1, 0.15) is 46.0 Å². The molecule has 0 spiro atoms. The zero-order valence-corrected chi connectivity index (χ0v) is 19.3. The number of sulfone groups is 1. The molecule has 1 aliphatic carbocycles. The van der Waals surface area contributed by atoms with Gasteiger partial charge < -0.3 is 10.2 Å². The Kier molecular flexibility index (Phi) is 6.41. The summed E-state index contributed by atoms with van der Waals surface area (Å²) in [6.07, 6.45) is 6.41. The summed E-state index contributed by atoms with van der Waals surface area (Å²) in [5, 5.41) is 10.00. The van der Waals surface area contributed by atoms with Gasteiger partial charge in [-0.3, -0.25) is 10.1 Å². The fraction of sp³-hybridized carbons (Fsp3) is 0.409. The van der Waals surface area contributed by atoms with Gasteiger partial charge in [-0.1, -0.05) is 36.5 Å². The Balaban J connectivity index is 1.55. The van der Waals surface area contributed by atoms with Crippen LogP contribution in [0.15, 0.2) is 39.8 Å². The number of aromatic nitrogens is 4. The largest absolute Gasteiger partial charge is 0.401 e. The minimum atomic E-state index is -3.37. The van der Waals surface area contributed by atoms with Crippen LogP contribution in [0.5, 0.6) is 0 Å². The van der Waals surface area contributed by atoms with Crippen molar-refractivity contribution in [2.24, 2.45) is 5.92 Å². The highest BCUT2D eigenvalue weighted by Crippen LogP contribution is 2.28. The molecule has 0 saturated heterocycles. The standard InChI is InChI=1S/C22H26N6O4S/c1-13(2)33(30,31)16-10-8-14(9-11-16)17-12-24-19(23)18(25-17)21-27-28-22(32-21)26-20(29)15-6-4-3-5-7-15/h8-13,15H,3-7H2,1-2H3,(H2,23,24)(H,26,28,29). The van der Waals surface area contributed by atoms with Gasteiger partial charge in [-0.25, -0.2) is 18.4 Å². The molecule has 1 amide bonds. The number of hydrogen-bond donors (Lipinski definition) is 2. The maximum absolute atomic E-state index is 12.4. The van der Waals surface area contributed by atoms with Gasteiger partial charge in [0.1, 0.15) is 0 Å². The Morgan fingerprint density at radius 2 is 1.82 bits per heavy atom. The van der Waals surface area contributed by atoms with Crippen LogP contribution >= 0.6 is 0 Å². The van der Waals surface area contributed by atoms with Crippen molar-refractivity contribution >= 4 is 27.6 Å². The SMILES string of the molecule is CC(C)S(=O)(=O)c1ccc(-c2cnc(N)c(-c3nnc(NC(=O)C4CCCCC4)o3)n2)cc1. The molecule has 0 aliphatic heterocycles. The molecule has 0 bridgehead atoms. The molecule has 1 saturated carbocycles. The van der Waals surface area contributed by atoms with Gasteiger partial charge in [-0.05, 0) is 38.8 Å². The molecule has 0 atom stereocenters. The van der Waals surface area contributed by atoms with E-state index in [9.17, 15) is 13.2 Å². The van der Waals surface area contributed by atoms with Crippen LogP contribution in [0.4, 0.5) is 11.8 Å². The molecule has 11 heteroatoms. The molecule has 33 heavy (non-hydrogen) atoms. The Bertz CT molecular complexity index is 1250. The van der Waals surface area contributed by atoms with Gasteiger partial charge in [-0.15, -0.1) is 5.10 Å². The van der Waals surface area contributed by atoms with Crippen molar-refractivity contribution in [2.45, 2.75) is 56.1 Å². The number of nitrogen functional groups attached to an aromatic ring is 1. The summed E-state index contributed by atoms with van der Waals surface area (Å²) in [5.74, 6) is -0.0646. The summed E-state index contributed by atoms with van der Waals surface area (Å²) < 4.78 is 30.3. The lowest BCUT2D eigenvalue weighted by atomic mass is 9.89. The average Bonchev–Trinajstić information content (AvgIpc) is 3.28. The lowest BCUT2D eigenvalue weighted by molar-refractivity contribution is -0.120. The summed E-state index contributed by atoms with van der Waals surface area (Å²) in [7, 11) is -3.37. The molecule has 1 aromatic carbocycles. The predicted octanol–water partition coefficient (Wildman–Crippen LogP) is 3.48. The van der Waals surface area contributed by atoms with Crippen molar-refractivity contribution in [3.8, 4) is 22.8 Å². The van der Waals surface area contributed by atoms with Crippen LogP contribution in [0.2, 0.25) is 0 Å². The van der Waals surface area contributed by atoms with Crippen molar-refractivity contribution in [2.75, 3.05) is 11.1 Å². The van der Waals surface area contributed by atoms with Gasteiger partial charge >= 0.3 is 6.01 Å². The first-order valence-corrected chi connectivity index (χ1v) is 12.4. The molecular weight excluding hydrogens is 444 g/mol. The van der Waals surface area contributed by atoms with E-state index in [1.165, 1.54) is 18.3 Å². The van der Waals surface area contributed by atoms with E-state index < -0.39 is 15.1 Å². The quantitative estimate of drug-likeness (QED) is 0.551. The number of carbonyl (C=O) groups excluding carboxylic acids is 1. The third kappa shape index (κ3) is 4.87. The van der Waals surface area contributed by atoms with E-state index in [0.29, 0.717) is 11.3 Å². The summed E-state index contributed by atoms with van der Waals surface area (Å²) in [6, 6.07) is 6.36. The van der Waals surface area contributed by atoms with E-state index in [0.717, 1.165) is 32.1 Å². The monoisotopic (exact) mass is 470 g/mol. The normalized spacial score (nSPS) is 15.0. The van der Waals surface area contributed by atoms with E-state index in [1.54, 1.807) is 26.0 Å². The summed E-state index contributed by atoms with van der Waals surface area (Å²) in [4.78, 5) is 21.3. The maximum Gasteiger partial charge on any atom is 0.322 e. The third-order valence-electron chi connectivity index (χ3n) is 5.73. The summed E-state index contributed by atoms with van der Waals surface area (Å²) in [6.45, 7) is 3.27. The molecule has 0 unspecified atom stereocenters. The molecule has 1 fully saturated rings. The minimum absolute atomic E-state index is 0.0181. The van der Waals surface area contributed by atoms with Gasteiger partial charge in [0.15, 0.2) is 21.3 Å². The fourth-order valence-corrected chi connectivity index (χ4v) is 4.78. The highest BCUT2D eigenvalue weighted by molar-refractivity contribution is 7.92. The van der Waals surface area contributed by atoms with E-state index in [-0.39, 0.29) is 40.1 Å². The maximum atomic E-state index is 12.4. The lowest BCUT2D eigenvalue weighted by Crippen LogP contribution is -2.24. The van der Waals surface area contributed by atoms with Crippen LogP contribution < -0.4 is 11.1 Å². The lowest BCUT2D eigenvalue weighted by Gasteiger charge is -2.19. The minimum Gasteiger partial charge on any atom is -0.401 e. The zero-order chi connectivity index (χ0) is 23.6. The molecule has 3 aromatic rings. The van der Waals surface area contributed by atoms with Crippen molar-refractivity contribution in [3.63, 3.8) is 0 Å². The van der Waals surface area contributed by atoms with Gasteiger partial charge in [-0.2, -0.15) is 0 Å². The third-order valence-corrected chi connectivity index (χ3v) is 7.90. The Morgan fingerprint density at radius 3 is 2.48 bits per heavy atom. The first-order valence-electron chi connectivity index (χ1n) is 10.9. The number of anilines is 2. The second-order valence-corrected chi connectivity index (χ2v) is 10.8. The predicted molar refractivity (Wildman–Crippen MR) is 123 cm³/mol. The number of nitrogens with zero attached hydrogens (tertiary/aromatic N) is 4. The Labute approximate surface area is 192 Å². The highest BCUT2D eigenvalue weighted by Gasteiger charge is 2.24. The molecule has 2 aromatic heterocycles. The number of amides is 1. The van der Waals surface area contributed by atoms with Crippen molar-refractivity contribution in [1.29, 1.82) is 0 Å². The summed E-state index contributed by atoms with van der Waals surface area (Å²) >= 11 is 0. The molecule has 10 nitrogen and oxygen atoms in total. The van der Waals surface area contributed by atoms with Gasteiger partial charge in [0.2, 0.25) is 5.91 Å². The van der Waals surface area contributed by atoms with Crippen LogP contribution in [0, 0.1) is 5.92 Å². The second kappa shape index (κ2) is 9.26. The highest BCUT2D eigenvalue weighted by atomic mass is 32.2. The fourth-order valence-electron chi connectivity index (χ4n) is 3.72. The number of rotatable bonds is 6. The van der Waals surface area contributed by atoms with Crippen LogP contribution in [-0.4, -0.2) is 39.7 Å². The van der Waals surface area contributed by atoms with Crippen LogP contribution in [0.3, 0.4) is 0 Å². The first kappa shape index (κ1) is 22.8. The Morgan fingerprint density at radius 1 is 1.12 bits per heavy atom. The molecule has 3 N–H and O–H groups in total. The number of benzene rings is 1. The molecule has 0 radical (unpaired) electrons. The summed E-state index contributed by atoms with van der Waals surface area (Å²) in [5.41, 5.74) is 7.26. The van der Waals surface area contributed by atoms with E-state index in [1.807, 2.05) is 0 Å². The number of nitrogens with one attached hydrogen (secondary N) is 1. The average molecular weight is 471 g/mol. The van der Waals surface area contributed by atoms with Crippen molar-refractivity contribution in [3.05, 3.63) is 30.5 Å². The Hall–Kier alpha value is -3.34. The molecule has 4 rings (SSSR count). The number of hydrogen-bond acceptors (Lipinski definition) is 9. The first-order chi connectivity index (χ1) is 15.8.